The number of nitrogens with one attached hydrogen (secondary N) is 2. The Balaban J connectivity index is 1.70. The van der Waals surface area contributed by atoms with Gasteiger partial charge in [0.25, 0.3) is 0 Å². The van der Waals surface area contributed by atoms with Crippen molar-refractivity contribution in [3.63, 3.8) is 0 Å². The van der Waals surface area contributed by atoms with E-state index in [9.17, 15) is 4.79 Å². The lowest BCUT2D eigenvalue weighted by Crippen LogP contribution is -2.39. The van der Waals surface area contributed by atoms with Gasteiger partial charge in [-0.3, -0.25) is 4.79 Å². The quantitative estimate of drug-likeness (QED) is 0.758. The van der Waals surface area contributed by atoms with E-state index in [2.05, 4.69) is 41.8 Å². The van der Waals surface area contributed by atoms with Crippen molar-refractivity contribution in [3.05, 3.63) is 29.8 Å². The first kappa shape index (κ1) is 16.3. The Morgan fingerprint density at radius 3 is 2.67 bits per heavy atom. The second-order valence-corrected chi connectivity index (χ2v) is 6.22. The van der Waals surface area contributed by atoms with Crippen LogP contribution in [0.15, 0.2) is 29.2 Å². The van der Waals surface area contributed by atoms with Crippen molar-refractivity contribution < 1.29 is 9.53 Å². The van der Waals surface area contributed by atoms with Crippen molar-refractivity contribution in [2.75, 3.05) is 25.5 Å². The minimum atomic E-state index is 0.114. The molecule has 0 unspecified atom stereocenters. The molecule has 1 saturated heterocycles. The Labute approximate surface area is 131 Å². The van der Waals surface area contributed by atoms with Gasteiger partial charge in [-0.1, -0.05) is 19.1 Å². The summed E-state index contributed by atoms with van der Waals surface area (Å²) in [5.74, 6) is 0.591. The summed E-state index contributed by atoms with van der Waals surface area (Å²) >= 11 is 1.59. The molecule has 1 amide bonds. The highest BCUT2D eigenvalue weighted by Crippen LogP contribution is 2.18. The van der Waals surface area contributed by atoms with Gasteiger partial charge in [-0.25, -0.2) is 0 Å². The topological polar surface area (TPSA) is 50.4 Å². The summed E-state index contributed by atoms with van der Waals surface area (Å²) in [5, 5.41) is 6.38. The number of hydrogen-bond donors (Lipinski definition) is 2. The molecule has 1 aliphatic heterocycles. The smallest absolute Gasteiger partial charge is 0.230 e. The van der Waals surface area contributed by atoms with Crippen LogP contribution >= 0.6 is 11.8 Å². The first-order chi connectivity index (χ1) is 10.3. The molecule has 1 aliphatic rings. The van der Waals surface area contributed by atoms with Crippen molar-refractivity contribution in [1.29, 1.82) is 0 Å². The molecule has 2 N–H and O–H groups in total. The van der Waals surface area contributed by atoms with E-state index in [0.29, 0.717) is 5.75 Å². The normalized spacial score (nSPS) is 15.9. The largest absolute Gasteiger partial charge is 0.381 e. The van der Waals surface area contributed by atoms with Crippen LogP contribution in [0.25, 0.3) is 0 Å². The molecule has 0 atom stereocenters. The van der Waals surface area contributed by atoms with E-state index in [1.165, 1.54) is 5.56 Å². The number of ether oxygens (including phenoxy) is 1. The van der Waals surface area contributed by atoms with Crippen molar-refractivity contribution >= 4 is 17.7 Å². The molecule has 116 valence electrons. The number of hydrogen-bond acceptors (Lipinski definition) is 4. The Hall–Kier alpha value is -1.04. The molecule has 2 rings (SSSR count). The van der Waals surface area contributed by atoms with E-state index >= 15 is 0 Å². The summed E-state index contributed by atoms with van der Waals surface area (Å²) < 4.78 is 5.29. The van der Waals surface area contributed by atoms with Gasteiger partial charge in [0.15, 0.2) is 0 Å². The average Bonchev–Trinajstić information content (AvgIpc) is 2.53. The van der Waals surface area contributed by atoms with E-state index in [1.54, 1.807) is 11.8 Å². The molecular weight excluding hydrogens is 284 g/mol. The minimum absolute atomic E-state index is 0.114. The Kier molecular flexibility index (Phi) is 7.06. The number of carbonyl (C=O) groups is 1. The molecular formula is C16H24N2O2S. The molecule has 0 radical (unpaired) electrons. The average molecular weight is 308 g/mol. The van der Waals surface area contributed by atoms with Gasteiger partial charge >= 0.3 is 0 Å². The number of carbonyl (C=O) groups excluding carboxylic acids is 1. The molecule has 1 heterocycles. The maximum absolute atomic E-state index is 11.9. The molecule has 4 nitrogen and oxygen atoms in total. The van der Waals surface area contributed by atoms with Gasteiger partial charge in [0.05, 0.1) is 5.75 Å². The molecule has 0 aromatic heterocycles. The highest BCUT2D eigenvalue weighted by Gasteiger charge is 2.15. The second kappa shape index (κ2) is 9.07. The molecule has 1 aromatic carbocycles. The lowest BCUT2D eigenvalue weighted by Gasteiger charge is -2.23. The lowest BCUT2D eigenvalue weighted by molar-refractivity contribution is -0.119. The first-order valence-electron chi connectivity index (χ1n) is 7.57. The monoisotopic (exact) mass is 308 g/mol. The maximum atomic E-state index is 11.9. The van der Waals surface area contributed by atoms with Crippen LogP contribution in [-0.2, 0) is 16.1 Å². The molecule has 1 fully saturated rings. The van der Waals surface area contributed by atoms with Gasteiger partial charge in [-0.15, -0.1) is 11.8 Å². The van der Waals surface area contributed by atoms with E-state index in [0.717, 1.165) is 44.0 Å². The highest BCUT2D eigenvalue weighted by atomic mass is 32.2. The van der Waals surface area contributed by atoms with Crippen molar-refractivity contribution in [2.45, 2.75) is 37.2 Å². The third kappa shape index (κ3) is 6.08. The van der Waals surface area contributed by atoms with Crippen molar-refractivity contribution in [2.24, 2.45) is 0 Å². The summed E-state index contributed by atoms with van der Waals surface area (Å²) in [5.41, 5.74) is 1.27. The molecule has 0 bridgehead atoms. The summed E-state index contributed by atoms with van der Waals surface area (Å²) in [6.07, 6.45) is 1.85. The van der Waals surface area contributed by atoms with E-state index in [4.69, 9.17) is 4.74 Å². The fourth-order valence-corrected chi connectivity index (χ4v) is 2.94. The first-order valence-corrected chi connectivity index (χ1v) is 8.56. The number of amides is 1. The van der Waals surface area contributed by atoms with Crippen LogP contribution in [0.2, 0.25) is 0 Å². The molecule has 0 spiro atoms. The minimum Gasteiger partial charge on any atom is -0.381 e. The Morgan fingerprint density at radius 2 is 2.00 bits per heavy atom. The van der Waals surface area contributed by atoms with Crippen LogP contribution in [0.5, 0.6) is 0 Å². The van der Waals surface area contributed by atoms with Gasteiger partial charge in [-0.05, 0) is 37.1 Å². The molecule has 21 heavy (non-hydrogen) atoms. The SMILES string of the molecule is CCNCc1ccc(SCC(=O)NC2CCOCC2)cc1. The van der Waals surface area contributed by atoms with E-state index in [1.807, 2.05) is 0 Å². The zero-order valence-corrected chi connectivity index (χ0v) is 13.4. The summed E-state index contributed by atoms with van der Waals surface area (Å²) in [7, 11) is 0. The highest BCUT2D eigenvalue weighted by molar-refractivity contribution is 8.00. The third-order valence-electron chi connectivity index (χ3n) is 3.46. The van der Waals surface area contributed by atoms with Crippen LogP contribution in [0, 0.1) is 0 Å². The molecule has 5 heteroatoms. The maximum Gasteiger partial charge on any atom is 0.230 e. The second-order valence-electron chi connectivity index (χ2n) is 5.17. The van der Waals surface area contributed by atoms with Crippen LogP contribution in [0.3, 0.4) is 0 Å². The Morgan fingerprint density at radius 1 is 1.29 bits per heavy atom. The zero-order valence-electron chi connectivity index (χ0n) is 12.6. The number of rotatable bonds is 7. The molecule has 1 aromatic rings. The van der Waals surface area contributed by atoms with Gasteiger partial charge in [-0.2, -0.15) is 0 Å². The van der Waals surface area contributed by atoms with Crippen LogP contribution < -0.4 is 10.6 Å². The van der Waals surface area contributed by atoms with Gasteiger partial charge in [0.1, 0.15) is 0 Å². The predicted molar refractivity (Wildman–Crippen MR) is 86.5 cm³/mol. The number of thioether (sulfide) groups is 1. The third-order valence-corrected chi connectivity index (χ3v) is 4.47. The molecule has 0 aliphatic carbocycles. The van der Waals surface area contributed by atoms with Crippen LogP contribution in [-0.4, -0.2) is 37.5 Å². The zero-order chi connectivity index (χ0) is 14.9. The van der Waals surface area contributed by atoms with Gasteiger partial charge in [0.2, 0.25) is 5.91 Å². The summed E-state index contributed by atoms with van der Waals surface area (Å²) in [6, 6.07) is 8.68. The molecule has 0 saturated carbocycles. The number of benzene rings is 1. The van der Waals surface area contributed by atoms with Crippen molar-refractivity contribution in [3.8, 4) is 0 Å². The van der Waals surface area contributed by atoms with E-state index < -0.39 is 0 Å². The van der Waals surface area contributed by atoms with E-state index in [-0.39, 0.29) is 11.9 Å². The fourth-order valence-electron chi connectivity index (χ4n) is 2.23. The van der Waals surface area contributed by atoms with Crippen molar-refractivity contribution in [1.82, 2.24) is 10.6 Å². The Bertz CT molecular complexity index is 430. The lowest BCUT2D eigenvalue weighted by atomic mass is 10.1. The predicted octanol–water partition coefficient (Wildman–Crippen LogP) is 2.18. The van der Waals surface area contributed by atoms with Crippen LogP contribution in [0.1, 0.15) is 25.3 Å². The van der Waals surface area contributed by atoms with Gasteiger partial charge in [0, 0.05) is 30.7 Å². The summed E-state index contributed by atoms with van der Waals surface area (Å²) in [4.78, 5) is 13.0. The fraction of sp³-hybridized carbons (Fsp3) is 0.562. The van der Waals surface area contributed by atoms with Crippen LogP contribution in [0.4, 0.5) is 0 Å². The standard InChI is InChI=1S/C16H24N2O2S/c1-2-17-11-13-3-5-15(6-4-13)21-12-16(19)18-14-7-9-20-10-8-14/h3-6,14,17H,2,7-12H2,1H3,(H,18,19). The van der Waals surface area contributed by atoms with Gasteiger partial charge < -0.3 is 15.4 Å². The summed E-state index contributed by atoms with van der Waals surface area (Å²) in [6.45, 7) is 5.48.